The zero-order valence-corrected chi connectivity index (χ0v) is 18.6. The van der Waals surface area contributed by atoms with E-state index in [4.69, 9.17) is 9.47 Å². The van der Waals surface area contributed by atoms with E-state index in [1.807, 2.05) is 72.8 Å². The zero-order chi connectivity index (χ0) is 22.8. The zero-order valence-electron chi connectivity index (χ0n) is 18.6. The smallest absolute Gasteiger partial charge is 0.338 e. The molecular weight excluding hydrogens is 402 g/mol. The summed E-state index contributed by atoms with van der Waals surface area (Å²) in [6.07, 6.45) is 2.65. The summed E-state index contributed by atoms with van der Waals surface area (Å²) in [5.41, 5.74) is 4.64. The van der Waals surface area contributed by atoms with Crippen LogP contribution in [0, 0.1) is 0 Å². The number of benzene rings is 3. The Hall–Kier alpha value is -3.60. The van der Waals surface area contributed by atoms with Crippen molar-refractivity contribution in [3.8, 4) is 5.75 Å². The lowest BCUT2D eigenvalue weighted by atomic mass is 10.0. The van der Waals surface area contributed by atoms with Crippen LogP contribution >= 0.6 is 0 Å². The van der Waals surface area contributed by atoms with E-state index in [9.17, 15) is 9.59 Å². The second-order valence-corrected chi connectivity index (χ2v) is 7.55. The molecule has 0 unspecified atom stereocenters. The highest BCUT2D eigenvalue weighted by atomic mass is 16.5. The number of nitrogens with one attached hydrogen (secondary N) is 1. The number of esters is 1. The molecule has 1 N–H and O–H groups in total. The number of amides is 1. The van der Waals surface area contributed by atoms with Crippen molar-refractivity contribution in [2.75, 3.05) is 11.9 Å². The molecule has 0 aromatic heterocycles. The average Bonchev–Trinajstić information content (AvgIpc) is 2.80. The highest BCUT2D eigenvalue weighted by Gasteiger charge is 2.09. The molecule has 0 saturated heterocycles. The van der Waals surface area contributed by atoms with Crippen LogP contribution in [0.4, 0.5) is 5.69 Å². The summed E-state index contributed by atoms with van der Waals surface area (Å²) in [6, 6.07) is 23.4. The molecule has 1 amide bonds. The lowest BCUT2D eigenvalue weighted by molar-refractivity contribution is -0.114. The summed E-state index contributed by atoms with van der Waals surface area (Å²) >= 11 is 0. The maximum atomic E-state index is 11.8. The molecule has 0 saturated carbocycles. The summed E-state index contributed by atoms with van der Waals surface area (Å²) in [7, 11) is 0. The van der Waals surface area contributed by atoms with Crippen molar-refractivity contribution in [3.63, 3.8) is 0 Å². The minimum Gasteiger partial charge on any atom is -0.489 e. The van der Waals surface area contributed by atoms with Gasteiger partial charge in [-0.1, -0.05) is 48.5 Å². The van der Waals surface area contributed by atoms with Crippen molar-refractivity contribution < 1.29 is 19.1 Å². The molecule has 0 fully saturated rings. The molecule has 0 aliphatic rings. The van der Waals surface area contributed by atoms with Gasteiger partial charge in [-0.25, -0.2) is 4.79 Å². The minimum atomic E-state index is -0.293. The number of carbonyl (C=O) groups is 2. The molecule has 32 heavy (non-hydrogen) atoms. The number of rotatable bonds is 10. The van der Waals surface area contributed by atoms with E-state index in [2.05, 4.69) is 5.32 Å². The normalized spacial score (nSPS) is 10.4. The quantitative estimate of drug-likeness (QED) is 0.426. The van der Waals surface area contributed by atoms with Gasteiger partial charge in [0.15, 0.2) is 0 Å². The van der Waals surface area contributed by atoms with Crippen LogP contribution in [-0.2, 0) is 29.0 Å². The lowest BCUT2D eigenvalue weighted by Gasteiger charge is -2.14. The van der Waals surface area contributed by atoms with Crippen LogP contribution in [0.25, 0.3) is 0 Å². The summed E-state index contributed by atoms with van der Waals surface area (Å²) in [5.74, 6) is 0.370. The van der Waals surface area contributed by atoms with Gasteiger partial charge in [-0.05, 0) is 61.1 Å². The van der Waals surface area contributed by atoms with E-state index >= 15 is 0 Å². The monoisotopic (exact) mass is 431 g/mol. The van der Waals surface area contributed by atoms with E-state index in [1.54, 1.807) is 6.92 Å². The summed E-state index contributed by atoms with van der Waals surface area (Å²) in [6.45, 7) is 4.13. The van der Waals surface area contributed by atoms with Crippen LogP contribution in [0.15, 0.2) is 72.8 Å². The van der Waals surface area contributed by atoms with Crippen LogP contribution in [0.5, 0.6) is 5.75 Å². The number of hydrogen-bond acceptors (Lipinski definition) is 4. The van der Waals surface area contributed by atoms with Gasteiger partial charge in [-0.2, -0.15) is 0 Å². The molecule has 0 spiro atoms. The third-order valence-corrected chi connectivity index (χ3v) is 5.00. The molecular formula is C27H29NO4. The molecule has 3 rings (SSSR count). The van der Waals surface area contributed by atoms with E-state index < -0.39 is 0 Å². The molecule has 5 heteroatoms. The summed E-state index contributed by atoms with van der Waals surface area (Å²) in [5, 5.41) is 2.82. The predicted octanol–water partition coefficient (Wildman–Crippen LogP) is 5.58. The van der Waals surface area contributed by atoms with E-state index in [0.717, 1.165) is 41.8 Å². The van der Waals surface area contributed by atoms with Gasteiger partial charge in [-0.15, -0.1) is 0 Å². The number of aryl methyl sites for hydroxylation is 2. The third kappa shape index (κ3) is 6.98. The van der Waals surface area contributed by atoms with Crippen LogP contribution in [0.3, 0.4) is 0 Å². The van der Waals surface area contributed by atoms with Crippen molar-refractivity contribution >= 4 is 17.6 Å². The Morgan fingerprint density at radius 2 is 1.62 bits per heavy atom. The Bertz CT molecular complexity index is 1030. The molecule has 166 valence electrons. The SMILES string of the molecule is CCOC(=O)c1ccc(CCCc2ccc(NC(C)=O)cc2OCc2ccccc2)cc1. The molecule has 0 atom stereocenters. The maximum Gasteiger partial charge on any atom is 0.338 e. The molecule has 0 aliphatic heterocycles. The van der Waals surface area contributed by atoms with E-state index in [0.29, 0.717) is 18.8 Å². The van der Waals surface area contributed by atoms with E-state index in [-0.39, 0.29) is 11.9 Å². The molecule has 0 aliphatic carbocycles. The summed E-state index contributed by atoms with van der Waals surface area (Å²) < 4.78 is 11.1. The van der Waals surface area contributed by atoms with Crippen LogP contribution in [0.2, 0.25) is 0 Å². The van der Waals surface area contributed by atoms with Crippen LogP contribution < -0.4 is 10.1 Å². The van der Waals surface area contributed by atoms with Gasteiger partial charge in [0.05, 0.1) is 12.2 Å². The first-order valence-corrected chi connectivity index (χ1v) is 10.9. The average molecular weight is 432 g/mol. The van der Waals surface area contributed by atoms with Crippen LogP contribution in [-0.4, -0.2) is 18.5 Å². The van der Waals surface area contributed by atoms with Crippen LogP contribution in [0.1, 0.15) is 47.3 Å². The fraction of sp³-hybridized carbons (Fsp3) is 0.259. The first kappa shape index (κ1) is 23.1. The molecule has 5 nitrogen and oxygen atoms in total. The maximum absolute atomic E-state index is 11.8. The fourth-order valence-corrected chi connectivity index (χ4v) is 3.42. The second-order valence-electron chi connectivity index (χ2n) is 7.55. The third-order valence-electron chi connectivity index (χ3n) is 5.00. The number of carbonyl (C=O) groups excluding carboxylic acids is 2. The van der Waals surface area contributed by atoms with Crippen molar-refractivity contribution in [1.82, 2.24) is 0 Å². The Kier molecular flexibility index (Phi) is 8.44. The Labute approximate surface area is 189 Å². The lowest BCUT2D eigenvalue weighted by Crippen LogP contribution is -2.07. The second kappa shape index (κ2) is 11.7. The topological polar surface area (TPSA) is 64.6 Å². The number of ether oxygens (including phenoxy) is 2. The first-order chi connectivity index (χ1) is 15.5. The largest absolute Gasteiger partial charge is 0.489 e. The Balaban J connectivity index is 1.63. The highest BCUT2D eigenvalue weighted by Crippen LogP contribution is 2.26. The van der Waals surface area contributed by atoms with Gasteiger partial charge in [0.1, 0.15) is 12.4 Å². The first-order valence-electron chi connectivity index (χ1n) is 10.9. The number of anilines is 1. The van der Waals surface area contributed by atoms with Gasteiger partial charge < -0.3 is 14.8 Å². The van der Waals surface area contributed by atoms with Gasteiger partial charge in [0, 0.05) is 18.7 Å². The molecule has 0 bridgehead atoms. The Morgan fingerprint density at radius 1 is 0.875 bits per heavy atom. The van der Waals surface area contributed by atoms with Gasteiger partial charge in [-0.3, -0.25) is 4.79 Å². The van der Waals surface area contributed by atoms with Crippen molar-refractivity contribution in [2.45, 2.75) is 39.7 Å². The number of hydrogen-bond donors (Lipinski definition) is 1. The Morgan fingerprint density at radius 3 is 2.31 bits per heavy atom. The molecule has 0 radical (unpaired) electrons. The van der Waals surface area contributed by atoms with Gasteiger partial charge in [0.2, 0.25) is 5.91 Å². The van der Waals surface area contributed by atoms with Crippen molar-refractivity contribution in [2.24, 2.45) is 0 Å². The fourth-order valence-electron chi connectivity index (χ4n) is 3.42. The van der Waals surface area contributed by atoms with E-state index in [1.165, 1.54) is 12.5 Å². The molecule has 3 aromatic carbocycles. The molecule has 0 heterocycles. The summed E-state index contributed by atoms with van der Waals surface area (Å²) in [4.78, 5) is 23.2. The van der Waals surface area contributed by atoms with Gasteiger partial charge in [0.25, 0.3) is 0 Å². The minimum absolute atomic E-state index is 0.113. The van der Waals surface area contributed by atoms with Crippen molar-refractivity contribution in [1.29, 1.82) is 0 Å². The van der Waals surface area contributed by atoms with Gasteiger partial charge >= 0.3 is 5.97 Å². The van der Waals surface area contributed by atoms with Crippen molar-refractivity contribution in [3.05, 3.63) is 95.1 Å². The standard InChI is InChI=1S/C27H29NO4/c1-3-31-27(30)24-14-12-21(13-15-24)10-7-11-23-16-17-25(28-20(2)29)18-26(23)32-19-22-8-5-4-6-9-22/h4-6,8-9,12-18H,3,7,10-11,19H2,1-2H3,(H,28,29). The highest BCUT2D eigenvalue weighted by molar-refractivity contribution is 5.89. The molecule has 3 aromatic rings. The predicted molar refractivity (Wildman–Crippen MR) is 126 cm³/mol.